The fourth-order valence-corrected chi connectivity index (χ4v) is 2.37. The summed E-state index contributed by atoms with van der Waals surface area (Å²) in [5, 5.41) is 2.82. The molecule has 1 aromatic heterocycles. The van der Waals surface area contributed by atoms with Gasteiger partial charge in [-0.05, 0) is 60.7 Å². The molecule has 1 aromatic rings. The van der Waals surface area contributed by atoms with Gasteiger partial charge in [0.1, 0.15) is 5.82 Å². The molecule has 19 heavy (non-hydrogen) atoms. The van der Waals surface area contributed by atoms with Crippen LogP contribution in [-0.4, -0.2) is 23.6 Å². The molecule has 0 aromatic carbocycles. The number of carbonyl (C=O) groups is 1. The van der Waals surface area contributed by atoms with Crippen LogP contribution in [0.25, 0.3) is 0 Å². The monoisotopic (exact) mass is 326 g/mol. The van der Waals surface area contributed by atoms with Gasteiger partial charge in [-0.1, -0.05) is 0 Å². The normalized spacial score (nSPS) is 19.2. The van der Waals surface area contributed by atoms with Gasteiger partial charge in [0.2, 0.25) is 5.91 Å². The van der Waals surface area contributed by atoms with Crippen LogP contribution >= 0.6 is 15.9 Å². The van der Waals surface area contributed by atoms with Gasteiger partial charge >= 0.3 is 0 Å². The molecule has 104 valence electrons. The van der Waals surface area contributed by atoms with Crippen LogP contribution in [0.1, 0.15) is 37.8 Å². The maximum atomic E-state index is 11.8. The second-order valence-electron chi connectivity index (χ2n) is 4.84. The van der Waals surface area contributed by atoms with E-state index in [1.165, 1.54) is 6.42 Å². The standard InChI is InChI=1S/C14H19BrN2O2/c1-10-12(15)6-7-13(16-10)17-14(18)8-5-11-4-2-3-9-19-11/h6-7,11H,2-5,8-9H2,1H3,(H,16,17,18). The molecule has 1 amide bonds. The van der Waals surface area contributed by atoms with E-state index in [-0.39, 0.29) is 12.0 Å². The van der Waals surface area contributed by atoms with Gasteiger partial charge in [0.05, 0.1) is 11.8 Å². The van der Waals surface area contributed by atoms with Crippen molar-refractivity contribution in [1.82, 2.24) is 4.98 Å². The molecule has 1 aliphatic rings. The summed E-state index contributed by atoms with van der Waals surface area (Å²) >= 11 is 3.39. The lowest BCUT2D eigenvalue weighted by Gasteiger charge is -2.22. The van der Waals surface area contributed by atoms with E-state index >= 15 is 0 Å². The highest BCUT2D eigenvalue weighted by Gasteiger charge is 2.15. The Balaban J connectivity index is 1.78. The Bertz CT molecular complexity index is 445. The summed E-state index contributed by atoms with van der Waals surface area (Å²) in [5.74, 6) is 0.610. The first-order valence-corrected chi connectivity index (χ1v) is 7.49. The number of hydrogen-bond donors (Lipinski definition) is 1. The Kier molecular flexibility index (Phi) is 5.34. The van der Waals surface area contributed by atoms with Crippen molar-refractivity contribution >= 4 is 27.7 Å². The van der Waals surface area contributed by atoms with Crippen LogP contribution in [0.4, 0.5) is 5.82 Å². The van der Waals surface area contributed by atoms with Crippen molar-refractivity contribution in [3.63, 3.8) is 0 Å². The lowest BCUT2D eigenvalue weighted by atomic mass is 10.0. The SMILES string of the molecule is Cc1nc(NC(=O)CCC2CCCCO2)ccc1Br. The highest BCUT2D eigenvalue weighted by atomic mass is 79.9. The van der Waals surface area contributed by atoms with E-state index in [1.807, 2.05) is 13.0 Å². The van der Waals surface area contributed by atoms with Crippen LogP contribution in [0.5, 0.6) is 0 Å². The van der Waals surface area contributed by atoms with E-state index in [9.17, 15) is 4.79 Å². The third-order valence-corrected chi connectivity index (χ3v) is 4.09. The number of ether oxygens (including phenoxy) is 1. The van der Waals surface area contributed by atoms with E-state index < -0.39 is 0 Å². The molecule has 0 bridgehead atoms. The van der Waals surface area contributed by atoms with Crippen LogP contribution in [-0.2, 0) is 9.53 Å². The third-order valence-electron chi connectivity index (χ3n) is 3.26. The van der Waals surface area contributed by atoms with Crippen molar-refractivity contribution in [2.24, 2.45) is 0 Å². The lowest BCUT2D eigenvalue weighted by Crippen LogP contribution is -2.22. The van der Waals surface area contributed by atoms with E-state index in [0.717, 1.165) is 36.0 Å². The van der Waals surface area contributed by atoms with Crippen LogP contribution in [0.15, 0.2) is 16.6 Å². The van der Waals surface area contributed by atoms with Gasteiger partial charge in [0, 0.05) is 17.5 Å². The molecular weight excluding hydrogens is 308 g/mol. The lowest BCUT2D eigenvalue weighted by molar-refractivity contribution is -0.117. The van der Waals surface area contributed by atoms with Crippen LogP contribution in [0, 0.1) is 6.92 Å². The molecule has 2 heterocycles. The number of nitrogens with zero attached hydrogens (tertiary/aromatic N) is 1. The predicted octanol–water partition coefficient (Wildman–Crippen LogP) is 3.44. The Morgan fingerprint density at radius 3 is 3.05 bits per heavy atom. The van der Waals surface area contributed by atoms with E-state index in [4.69, 9.17) is 4.74 Å². The van der Waals surface area contributed by atoms with Gasteiger partial charge in [-0.2, -0.15) is 0 Å². The molecular formula is C14H19BrN2O2. The van der Waals surface area contributed by atoms with Gasteiger partial charge in [-0.25, -0.2) is 4.98 Å². The Hall–Kier alpha value is -0.940. The molecule has 1 N–H and O–H groups in total. The summed E-state index contributed by atoms with van der Waals surface area (Å²) in [7, 11) is 0. The largest absolute Gasteiger partial charge is 0.378 e. The van der Waals surface area contributed by atoms with Crippen molar-refractivity contribution in [3.8, 4) is 0 Å². The number of anilines is 1. The molecule has 0 radical (unpaired) electrons. The summed E-state index contributed by atoms with van der Waals surface area (Å²) in [6.07, 6.45) is 4.95. The van der Waals surface area contributed by atoms with Crippen molar-refractivity contribution in [2.45, 2.75) is 45.1 Å². The summed E-state index contributed by atoms with van der Waals surface area (Å²) < 4.78 is 6.56. The molecule has 5 heteroatoms. The maximum Gasteiger partial charge on any atom is 0.225 e. The third kappa shape index (κ3) is 4.58. The van der Waals surface area contributed by atoms with Gasteiger partial charge < -0.3 is 10.1 Å². The summed E-state index contributed by atoms with van der Waals surface area (Å²) in [6.45, 7) is 2.73. The molecule has 1 saturated heterocycles. The molecule has 1 aliphatic heterocycles. The number of carbonyl (C=O) groups excluding carboxylic acids is 1. The zero-order chi connectivity index (χ0) is 13.7. The van der Waals surface area contributed by atoms with Crippen LogP contribution in [0.2, 0.25) is 0 Å². The van der Waals surface area contributed by atoms with Crippen molar-refractivity contribution < 1.29 is 9.53 Å². The van der Waals surface area contributed by atoms with Gasteiger partial charge in [-0.3, -0.25) is 4.79 Å². The first-order valence-electron chi connectivity index (χ1n) is 6.70. The second-order valence-corrected chi connectivity index (χ2v) is 5.69. The molecule has 1 fully saturated rings. The van der Waals surface area contributed by atoms with Gasteiger partial charge in [0.25, 0.3) is 0 Å². The number of nitrogens with one attached hydrogen (secondary N) is 1. The maximum absolute atomic E-state index is 11.8. The summed E-state index contributed by atoms with van der Waals surface area (Å²) in [4.78, 5) is 16.1. The smallest absolute Gasteiger partial charge is 0.225 e. The zero-order valence-electron chi connectivity index (χ0n) is 11.1. The molecule has 0 aliphatic carbocycles. The molecule has 0 saturated carbocycles. The number of pyridine rings is 1. The number of aryl methyl sites for hydroxylation is 1. The number of halogens is 1. The van der Waals surface area contributed by atoms with Gasteiger partial charge in [-0.15, -0.1) is 0 Å². The molecule has 0 spiro atoms. The zero-order valence-corrected chi connectivity index (χ0v) is 12.7. The molecule has 2 rings (SSSR count). The van der Waals surface area contributed by atoms with Crippen molar-refractivity contribution in [3.05, 3.63) is 22.3 Å². The first kappa shape index (κ1) is 14.5. The minimum atomic E-state index is 0.00314. The summed E-state index contributed by atoms with van der Waals surface area (Å²) in [6, 6.07) is 3.69. The number of amides is 1. The number of hydrogen-bond acceptors (Lipinski definition) is 3. The Labute approximate surface area is 122 Å². The minimum Gasteiger partial charge on any atom is -0.378 e. The first-order chi connectivity index (χ1) is 9.15. The highest BCUT2D eigenvalue weighted by Crippen LogP contribution is 2.18. The van der Waals surface area contributed by atoms with E-state index in [0.29, 0.717) is 12.2 Å². The Morgan fingerprint density at radius 1 is 1.53 bits per heavy atom. The van der Waals surface area contributed by atoms with Crippen LogP contribution in [0.3, 0.4) is 0 Å². The summed E-state index contributed by atoms with van der Waals surface area (Å²) in [5.41, 5.74) is 0.869. The van der Waals surface area contributed by atoms with E-state index in [1.54, 1.807) is 6.07 Å². The average molecular weight is 327 g/mol. The topological polar surface area (TPSA) is 51.2 Å². The van der Waals surface area contributed by atoms with Crippen molar-refractivity contribution in [2.75, 3.05) is 11.9 Å². The average Bonchev–Trinajstić information content (AvgIpc) is 2.42. The van der Waals surface area contributed by atoms with E-state index in [2.05, 4.69) is 26.2 Å². The molecule has 4 nitrogen and oxygen atoms in total. The van der Waals surface area contributed by atoms with Gasteiger partial charge in [0.15, 0.2) is 0 Å². The Morgan fingerprint density at radius 2 is 2.37 bits per heavy atom. The van der Waals surface area contributed by atoms with Crippen molar-refractivity contribution in [1.29, 1.82) is 0 Å². The quantitative estimate of drug-likeness (QED) is 0.922. The van der Waals surface area contributed by atoms with Crippen LogP contribution < -0.4 is 5.32 Å². The molecule has 1 atom stereocenters. The number of aromatic nitrogens is 1. The molecule has 1 unspecified atom stereocenters. The second kappa shape index (κ2) is 7.01. The minimum absolute atomic E-state index is 0.00314. The number of rotatable bonds is 4. The predicted molar refractivity (Wildman–Crippen MR) is 78.1 cm³/mol. The fourth-order valence-electron chi connectivity index (χ4n) is 2.15. The highest BCUT2D eigenvalue weighted by molar-refractivity contribution is 9.10. The fraction of sp³-hybridized carbons (Fsp3) is 0.571.